The minimum atomic E-state index is -0.252. The van der Waals surface area contributed by atoms with Crippen molar-refractivity contribution in [2.24, 2.45) is 0 Å². The van der Waals surface area contributed by atoms with Gasteiger partial charge in [-0.1, -0.05) is 25.1 Å². The summed E-state index contributed by atoms with van der Waals surface area (Å²) in [6, 6.07) is 3.77. The van der Waals surface area contributed by atoms with Crippen molar-refractivity contribution in [2.45, 2.75) is 39.5 Å². The molecule has 0 radical (unpaired) electrons. The van der Waals surface area contributed by atoms with Crippen LogP contribution in [0.3, 0.4) is 0 Å². The third-order valence-corrected chi connectivity index (χ3v) is 2.94. The number of rotatable bonds is 6. The van der Waals surface area contributed by atoms with Crippen LogP contribution in [0.1, 0.15) is 44.1 Å². The summed E-state index contributed by atoms with van der Waals surface area (Å²) in [5.41, 5.74) is 1.71. The Labute approximate surface area is 123 Å². The lowest BCUT2D eigenvalue weighted by molar-refractivity contribution is -0.144. The Hall–Kier alpha value is -2.24. The number of hydrogen-bond donors (Lipinski definition) is 0. The van der Waals surface area contributed by atoms with Gasteiger partial charge in [0.1, 0.15) is 5.69 Å². The molecule has 0 amide bonds. The van der Waals surface area contributed by atoms with Crippen LogP contribution >= 0.6 is 0 Å². The number of aromatic nitrogens is 3. The maximum Gasteiger partial charge on any atom is 0.306 e. The molecule has 2 heterocycles. The fourth-order valence-electron chi connectivity index (χ4n) is 1.75. The molecule has 0 aliphatic heterocycles. The fraction of sp³-hybridized carbons (Fsp3) is 0.467. The van der Waals surface area contributed by atoms with E-state index in [0.717, 1.165) is 12.0 Å². The van der Waals surface area contributed by atoms with Crippen LogP contribution in [-0.4, -0.2) is 27.7 Å². The topological polar surface area (TPSA) is 78.1 Å². The van der Waals surface area contributed by atoms with Gasteiger partial charge in [0.05, 0.1) is 13.0 Å². The average Bonchev–Trinajstić information content (AvgIpc) is 2.96. The number of carbonyl (C=O) groups excluding carboxylic acids is 1. The van der Waals surface area contributed by atoms with Gasteiger partial charge >= 0.3 is 5.97 Å². The van der Waals surface area contributed by atoms with Crippen LogP contribution in [0.15, 0.2) is 22.9 Å². The Balaban J connectivity index is 2.02. The molecular weight excluding hydrogens is 270 g/mol. The molecule has 2 rings (SSSR count). The summed E-state index contributed by atoms with van der Waals surface area (Å²) in [7, 11) is 0. The van der Waals surface area contributed by atoms with E-state index in [2.05, 4.69) is 15.1 Å². The van der Waals surface area contributed by atoms with Crippen LogP contribution in [0, 0.1) is 6.92 Å². The molecule has 112 valence electrons. The average molecular weight is 289 g/mol. The molecule has 1 unspecified atom stereocenters. The Bertz CT molecular complexity index is 592. The maximum atomic E-state index is 11.6. The van der Waals surface area contributed by atoms with E-state index in [9.17, 15) is 4.79 Å². The highest BCUT2D eigenvalue weighted by atomic mass is 16.5. The number of aryl methyl sites for hydroxylation is 1. The predicted molar refractivity (Wildman–Crippen MR) is 76.5 cm³/mol. The molecule has 2 aromatic rings. The van der Waals surface area contributed by atoms with Crippen molar-refractivity contribution >= 4 is 5.97 Å². The first-order chi connectivity index (χ1) is 10.1. The van der Waals surface area contributed by atoms with Crippen LogP contribution in [0.4, 0.5) is 0 Å². The summed E-state index contributed by atoms with van der Waals surface area (Å²) in [6.07, 6.45) is 2.78. The highest BCUT2D eigenvalue weighted by Gasteiger charge is 2.19. The quantitative estimate of drug-likeness (QED) is 0.761. The van der Waals surface area contributed by atoms with Crippen molar-refractivity contribution in [3.63, 3.8) is 0 Å². The van der Waals surface area contributed by atoms with Gasteiger partial charge in [-0.15, -0.1) is 0 Å². The normalized spacial score (nSPS) is 12.1. The Morgan fingerprint density at radius 3 is 2.90 bits per heavy atom. The van der Waals surface area contributed by atoms with Crippen LogP contribution in [0.5, 0.6) is 0 Å². The SMILES string of the molecule is CCCOC(=O)CC(C)c1nc(-c2ccc(C)cn2)no1. The monoisotopic (exact) mass is 289 g/mol. The summed E-state index contributed by atoms with van der Waals surface area (Å²) in [5, 5.41) is 3.91. The molecule has 1 atom stereocenters. The van der Waals surface area contributed by atoms with Crippen LogP contribution in [0.25, 0.3) is 11.5 Å². The first kappa shape index (κ1) is 15.2. The number of ether oxygens (including phenoxy) is 1. The number of hydrogen-bond acceptors (Lipinski definition) is 6. The zero-order chi connectivity index (χ0) is 15.2. The van der Waals surface area contributed by atoms with E-state index >= 15 is 0 Å². The van der Waals surface area contributed by atoms with Gasteiger partial charge < -0.3 is 9.26 Å². The van der Waals surface area contributed by atoms with Gasteiger partial charge in [0, 0.05) is 12.1 Å². The third kappa shape index (κ3) is 4.11. The molecule has 0 bridgehead atoms. The summed E-state index contributed by atoms with van der Waals surface area (Å²) in [5.74, 6) is 0.415. The van der Waals surface area contributed by atoms with E-state index in [0.29, 0.717) is 24.0 Å². The van der Waals surface area contributed by atoms with E-state index in [-0.39, 0.29) is 18.3 Å². The Morgan fingerprint density at radius 1 is 1.43 bits per heavy atom. The van der Waals surface area contributed by atoms with E-state index in [1.165, 1.54) is 0 Å². The largest absolute Gasteiger partial charge is 0.466 e. The molecular formula is C15H19N3O3. The Morgan fingerprint density at radius 2 is 2.24 bits per heavy atom. The molecule has 0 aromatic carbocycles. The summed E-state index contributed by atoms with van der Waals surface area (Å²) < 4.78 is 10.3. The predicted octanol–water partition coefficient (Wildman–Crippen LogP) is 2.89. The first-order valence-electron chi connectivity index (χ1n) is 7.02. The lowest BCUT2D eigenvalue weighted by atomic mass is 10.1. The second-order valence-electron chi connectivity index (χ2n) is 5.00. The highest BCUT2D eigenvalue weighted by molar-refractivity contribution is 5.70. The Kier molecular flexibility index (Phi) is 5.03. The molecule has 0 aliphatic carbocycles. The highest BCUT2D eigenvalue weighted by Crippen LogP contribution is 2.21. The lowest BCUT2D eigenvalue weighted by Crippen LogP contribution is -2.09. The van der Waals surface area contributed by atoms with Gasteiger partial charge in [-0.3, -0.25) is 9.78 Å². The molecule has 0 saturated carbocycles. The first-order valence-corrected chi connectivity index (χ1v) is 7.02. The van der Waals surface area contributed by atoms with Crippen molar-refractivity contribution in [3.05, 3.63) is 29.8 Å². The summed E-state index contributed by atoms with van der Waals surface area (Å²) in [4.78, 5) is 20.1. The van der Waals surface area contributed by atoms with Crippen molar-refractivity contribution in [2.75, 3.05) is 6.61 Å². The molecule has 0 fully saturated rings. The summed E-state index contributed by atoms with van der Waals surface area (Å²) in [6.45, 7) is 6.21. The second-order valence-corrected chi connectivity index (χ2v) is 5.00. The molecule has 0 spiro atoms. The number of esters is 1. The maximum absolute atomic E-state index is 11.6. The van der Waals surface area contributed by atoms with Crippen LogP contribution < -0.4 is 0 Å². The molecule has 0 N–H and O–H groups in total. The van der Waals surface area contributed by atoms with Gasteiger partial charge in [-0.2, -0.15) is 4.98 Å². The van der Waals surface area contributed by atoms with Gasteiger partial charge in [0.25, 0.3) is 0 Å². The van der Waals surface area contributed by atoms with Crippen LogP contribution in [-0.2, 0) is 9.53 Å². The van der Waals surface area contributed by atoms with Crippen molar-refractivity contribution in [1.82, 2.24) is 15.1 Å². The van der Waals surface area contributed by atoms with Gasteiger partial charge in [0.2, 0.25) is 11.7 Å². The van der Waals surface area contributed by atoms with E-state index < -0.39 is 0 Å². The van der Waals surface area contributed by atoms with Gasteiger partial charge in [-0.05, 0) is 25.0 Å². The fourth-order valence-corrected chi connectivity index (χ4v) is 1.75. The van der Waals surface area contributed by atoms with E-state index in [4.69, 9.17) is 9.26 Å². The zero-order valence-electron chi connectivity index (χ0n) is 12.5. The molecule has 6 heteroatoms. The van der Waals surface area contributed by atoms with Crippen molar-refractivity contribution in [3.8, 4) is 11.5 Å². The minimum absolute atomic E-state index is 0.180. The van der Waals surface area contributed by atoms with Crippen molar-refractivity contribution in [1.29, 1.82) is 0 Å². The molecule has 21 heavy (non-hydrogen) atoms. The third-order valence-electron chi connectivity index (χ3n) is 2.94. The zero-order valence-corrected chi connectivity index (χ0v) is 12.5. The molecule has 6 nitrogen and oxygen atoms in total. The lowest BCUT2D eigenvalue weighted by Gasteiger charge is -2.06. The van der Waals surface area contributed by atoms with E-state index in [1.54, 1.807) is 6.20 Å². The van der Waals surface area contributed by atoms with Gasteiger partial charge in [0.15, 0.2) is 0 Å². The van der Waals surface area contributed by atoms with E-state index in [1.807, 2.05) is 32.9 Å². The number of pyridine rings is 1. The number of carbonyl (C=O) groups is 1. The molecule has 0 saturated heterocycles. The standard InChI is InChI=1S/C15H19N3O3/c1-4-7-20-13(19)8-11(3)15-17-14(18-21-15)12-6-5-10(2)9-16-12/h5-6,9,11H,4,7-8H2,1-3H3. The van der Waals surface area contributed by atoms with Gasteiger partial charge in [-0.25, -0.2) is 0 Å². The molecule has 2 aromatic heterocycles. The minimum Gasteiger partial charge on any atom is -0.466 e. The molecule has 0 aliphatic rings. The smallest absolute Gasteiger partial charge is 0.306 e. The number of nitrogens with zero attached hydrogens (tertiary/aromatic N) is 3. The van der Waals surface area contributed by atoms with Crippen LogP contribution in [0.2, 0.25) is 0 Å². The summed E-state index contributed by atoms with van der Waals surface area (Å²) >= 11 is 0. The second kappa shape index (κ2) is 6.97. The van der Waals surface area contributed by atoms with Crippen molar-refractivity contribution < 1.29 is 14.1 Å².